The molecule has 0 aromatic heterocycles. The first kappa shape index (κ1) is 18.9. The number of carbonyl (C=O) groups excluding carboxylic acids is 1. The lowest BCUT2D eigenvalue weighted by molar-refractivity contribution is 0.0939. The minimum Gasteiger partial charge on any atom is -0.345 e. The lowest BCUT2D eigenvalue weighted by atomic mass is 10.1. The van der Waals surface area contributed by atoms with Crippen molar-refractivity contribution in [2.75, 3.05) is 0 Å². The number of rotatable bonds is 5. The first-order chi connectivity index (χ1) is 11.6. The second-order valence-electron chi connectivity index (χ2n) is 5.19. The van der Waals surface area contributed by atoms with Gasteiger partial charge < -0.3 is 5.32 Å². The Bertz CT molecular complexity index is 883. The zero-order valence-electron chi connectivity index (χ0n) is 12.8. The molecule has 0 spiro atoms. The molecule has 1 amide bonds. The standard InChI is InChI=1S/C16H13F4NO3S/c1-9(13-7-4-11(17)8-14(13)18)21-15(22)10-2-5-12(6-3-10)25(23,24)16(19)20/h2-9,16H,1H3,(H,21,22). The van der Waals surface area contributed by atoms with Crippen LogP contribution in [-0.2, 0) is 9.84 Å². The van der Waals surface area contributed by atoms with E-state index in [-0.39, 0.29) is 11.1 Å². The van der Waals surface area contributed by atoms with E-state index in [0.29, 0.717) is 6.07 Å². The van der Waals surface area contributed by atoms with Crippen LogP contribution in [0.2, 0.25) is 0 Å². The number of hydrogen-bond acceptors (Lipinski definition) is 3. The van der Waals surface area contributed by atoms with Gasteiger partial charge in [-0.15, -0.1) is 0 Å². The Morgan fingerprint density at radius 3 is 2.16 bits per heavy atom. The molecule has 25 heavy (non-hydrogen) atoms. The molecule has 0 heterocycles. The Kier molecular flexibility index (Phi) is 5.46. The highest BCUT2D eigenvalue weighted by Gasteiger charge is 2.26. The molecule has 0 radical (unpaired) electrons. The van der Waals surface area contributed by atoms with Gasteiger partial charge >= 0.3 is 5.76 Å². The fraction of sp³-hybridized carbons (Fsp3) is 0.188. The molecule has 134 valence electrons. The van der Waals surface area contributed by atoms with Crippen LogP contribution in [0.1, 0.15) is 28.9 Å². The summed E-state index contributed by atoms with van der Waals surface area (Å²) >= 11 is 0. The third-order valence-corrected chi connectivity index (χ3v) is 4.85. The number of alkyl halides is 2. The van der Waals surface area contributed by atoms with Crippen molar-refractivity contribution < 1.29 is 30.8 Å². The average Bonchev–Trinajstić information content (AvgIpc) is 2.54. The van der Waals surface area contributed by atoms with Crippen LogP contribution in [0.15, 0.2) is 47.4 Å². The molecule has 1 atom stereocenters. The Labute approximate surface area is 141 Å². The van der Waals surface area contributed by atoms with Gasteiger partial charge in [-0.3, -0.25) is 4.79 Å². The molecule has 2 aromatic rings. The molecule has 1 N–H and O–H groups in total. The van der Waals surface area contributed by atoms with Crippen molar-refractivity contribution in [1.82, 2.24) is 5.32 Å². The van der Waals surface area contributed by atoms with Crippen molar-refractivity contribution in [2.24, 2.45) is 0 Å². The predicted octanol–water partition coefficient (Wildman–Crippen LogP) is 3.45. The number of carbonyl (C=O) groups is 1. The van der Waals surface area contributed by atoms with E-state index in [9.17, 15) is 30.8 Å². The third kappa shape index (κ3) is 4.16. The summed E-state index contributed by atoms with van der Waals surface area (Å²) < 4.78 is 74.1. The molecule has 0 fully saturated rings. The summed E-state index contributed by atoms with van der Waals surface area (Å²) in [5.74, 6) is -5.81. The van der Waals surface area contributed by atoms with Crippen molar-refractivity contribution in [2.45, 2.75) is 23.6 Å². The molecule has 0 saturated carbocycles. The summed E-state index contributed by atoms with van der Waals surface area (Å²) in [6, 6.07) is 6.04. The summed E-state index contributed by atoms with van der Waals surface area (Å²) in [7, 11) is -4.75. The van der Waals surface area contributed by atoms with Gasteiger partial charge in [0.15, 0.2) is 0 Å². The van der Waals surface area contributed by atoms with Crippen LogP contribution in [0.4, 0.5) is 17.6 Å². The van der Waals surface area contributed by atoms with Gasteiger partial charge in [-0.2, -0.15) is 8.78 Å². The molecule has 0 saturated heterocycles. The summed E-state index contributed by atoms with van der Waals surface area (Å²) in [6.07, 6.45) is 0. The van der Waals surface area contributed by atoms with Gasteiger partial charge in [-0.05, 0) is 37.3 Å². The average molecular weight is 375 g/mol. The number of halogens is 4. The maximum absolute atomic E-state index is 13.7. The van der Waals surface area contributed by atoms with E-state index in [1.807, 2.05) is 0 Å². The van der Waals surface area contributed by atoms with Gasteiger partial charge in [0, 0.05) is 17.2 Å². The van der Waals surface area contributed by atoms with Crippen LogP contribution in [0.25, 0.3) is 0 Å². The third-order valence-electron chi connectivity index (χ3n) is 3.46. The highest BCUT2D eigenvalue weighted by Crippen LogP contribution is 2.20. The summed E-state index contributed by atoms with van der Waals surface area (Å²) in [5, 5.41) is 2.45. The Morgan fingerprint density at radius 2 is 1.64 bits per heavy atom. The van der Waals surface area contributed by atoms with E-state index in [1.165, 1.54) is 13.0 Å². The zero-order valence-corrected chi connectivity index (χ0v) is 13.7. The van der Waals surface area contributed by atoms with Crippen molar-refractivity contribution in [3.05, 3.63) is 65.2 Å². The molecular formula is C16H13F4NO3S. The number of amides is 1. The molecular weight excluding hydrogens is 362 g/mol. The van der Waals surface area contributed by atoms with Gasteiger partial charge in [-0.25, -0.2) is 17.2 Å². The maximum atomic E-state index is 13.7. The van der Waals surface area contributed by atoms with Crippen LogP contribution in [0.5, 0.6) is 0 Å². The summed E-state index contributed by atoms with van der Waals surface area (Å²) in [5.41, 5.74) is 0.0641. The molecule has 1 unspecified atom stereocenters. The molecule has 0 bridgehead atoms. The van der Waals surface area contributed by atoms with E-state index in [0.717, 1.165) is 30.3 Å². The molecule has 0 aliphatic heterocycles. The predicted molar refractivity (Wildman–Crippen MR) is 81.9 cm³/mol. The number of nitrogens with one attached hydrogen (secondary N) is 1. The second kappa shape index (κ2) is 7.22. The first-order valence-corrected chi connectivity index (χ1v) is 8.55. The number of hydrogen-bond donors (Lipinski definition) is 1. The molecule has 2 aromatic carbocycles. The van der Waals surface area contributed by atoms with E-state index < -0.39 is 44.1 Å². The van der Waals surface area contributed by atoms with Crippen molar-refractivity contribution >= 4 is 15.7 Å². The van der Waals surface area contributed by atoms with Crippen LogP contribution < -0.4 is 5.32 Å². The van der Waals surface area contributed by atoms with Gasteiger partial charge in [0.05, 0.1) is 10.9 Å². The highest BCUT2D eigenvalue weighted by molar-refractivity contribution is 7.91. The molecule has 2 rings (SSSR count). The topological polar surface area (TPSA) is 63.2 Å². The van der Waals surface area contributed by atoms with E-state index in [4.69, 9.17) is 0 Å². The molecule has 0 aliphatic carbocycles. The quantitative estimate of drug-likeness (QED) is 0.815. The lowest BCUT2D eigenvalue weighted by Gasteiger charge is -2.15. The van der Waals surface area contributed by atoms with Crippen molar-refractivity contribution in [3.8, 4) is 0 Å². The second-order valence-corrected chi connectivity index (χ2v) is 7.11. The van der Waals surface area contributed by atoms with Gasteiger partial charge in [0.25, 0.3) is 5.91 Å². The zero-order chi connectivity index (χ0) is 18.8. The molecule has 9 heteroatoms. The number of benzene rings is 2. The van der Waals surface area contributed by atoms with Crippen LogP contribution in [0.3, 0.4) is 0 Å². The minimum atomic E-state index is -4.75. The smallest absolute Gasteiger partial charge is 0.341 e. The summed E-state index contributed by atoms with van der Waals surface area (Å²) in [4.78, 5) is 11.5. The first-order valence-electron chi connectivity index (χ1n) is 7.01. The van der Waals surface area contributed by atoms with E-state index >= 15 is 0 Å². The van der Waals surface area contributed by atoms with Gasteiger partial charge in [0.1, 0.15) is 11.6 Å². The van der Waals surface area contributed by atoms with Gasteiger partial charge in [-0.1, -0.05) is 6.07 Å². The lowest BCUT2D eigenvalue weighted by Crippen LogP contribution is -2.27. The largest absolute Gasteiger partial charge is 0.345 e. The van der Waals surface area contributed by atoms with E-state index in [1.54, 1.807) is 0 Å². The molecule has 0 aliphatic rings. The minimum absolute atomic E-state index is 0.00239. The maximum Gasteiger partial charge on any atom is 0.341 e. The monoisotopic (exact) mass is 375 g/mol. The summed E-state index contributed by atoms with van der Waals surface area (Å²) in [6.45, 7) is 1.48. The van der Waals surface area contributed by atoms with Gasteiger partial charge in [0.2, 0.25) is 9.84 Å². The Morgan fingerprint density at radius 1 is 1.04 bits per heavy atom. The highest BCUT2D eigenvalue weighted by atomic mass is 32.2. The van der Waals surface area contributed by atoms with Crippen LogP contribution >= 0.6 is 0 Å². The fourth-order valence-electron chi connectivity index (χ4n) is 2.11. The SMILES string of the molecule is CC(NC(=O)c1ccc(S(=O)(=O)C(F)F)cc1)c1ccc(F)cc1F. The van der Waals surface area contributed by atoms with Crippen LogP contribution in [0, 0.1) is 11.6 Å². The Hall–Kier alpha value is -2.42. The molecule has 4 nitrogen and oxygen atoms in total. The normalized spacial score (nSPS) is 12.9. The fourth-order valence-corrected chi connectivity index (χ4v) is 2.83. The van der Waals surface area contributed by atoms with E-state index in [2.05, 4.69) is 5.32 Å². The Balaban J connectivity index is 2.16. The van der Waals surface area contributed by atoms with Crippen LogP contribution in [-0.4, -0.2) is 20.1 Å². The number of sulfone groups is 1. The van der Waals surface area contributed by atoms with Crippen molar-refractivity contribution in [1.29, 1.82) is 0 Å². The van der Waals surface area contributed by atoms with Crippen molar-refractivity contribution in [3.63, 3.8) is 0 Å².